The second kappa shape index (κ2) is 7.72. The van der Waals surface area contributed by atoms with Crippen LogP contribution in [-0.2, 0) is 10.8 Å². The van der Waals surface area contributed by atoms with Gasteiger partial charge in [-0.2, -0.15) is 0 Å². The van der Waals surface area contributed by atoms with Crippen LogP contribution in [0.5, 0.6) is 0 Å². The molecule has 1 unspecified atom stereocenters. The Morgan fingerprint density at radius 3 is 2.40 bits per heavy atom. The highest BCUT2D eigenvalue weighted by molar-refractivity contribution is 5.87. The van der Waals surface area contributed by atoms with Gasteiger partial charge in [0.25, 0.3) is 0 Å². The molecule has 2 nitrogen and oxygen atoms in total. The number of fused-ring (bicyclic) bond motifs is 1. The van der Waals surface area contributed by atoms with Crippen molar-refractivity contribution in [2.24, 2.45) is 0 Å². The Bertz CT molecular complexity index is 1040. The van der Waals surface area contributed by atoms with Crippen molar-refractivity contribution in [2.45, 2.75) is 71.1 Å². The summed E-state index contributed by atoms with van der Waals surface area (Å²) in [5.41, 5.74) is 4.57. The van der Waals surface area contributed by atoms with Crippen LogP contribution in [-0.4, -0.2) is 18.1 Å². The van der Waals surface area contributed by atoms with Gasteiger partial charge in [-0.25, -0.2) is 4.98 Å². The maximum Gasteiger partial charge on any atom is 0.128 e. The van der Waals surface area contributed by atoms with E-state index in [1.807, 2.05) is 6.20 Å². The molecule has 1 aliphatic heterocycles. The van der Waals surface area contributed by atoms with Gasteiger partial charge in [-0.3, -0.25) is 0 Å². The molecule has 1 aliphatic rings. The molecule has 2 heterocycles. The molecule has 4 rings (SSSR count). The molecular weight excluding hydrogens is 364 g/mol. The van der Waals surface area contributed by atoms with Crippen molar-refractivity contribution >= 4 is 16.6 Å². The third kappa shape index (κ3) is 4.24. The van der Waals surface area contributed by atoms with Gasteiger partial charge in [0.05, 0.1) is 0 Å². The van der Waals surface area contributed by atoms with Gasteiger partial charge in [0.2, 0.25) is 0 Å². The minimum atomic E-state index is 0.132. The van der Waals surface area contributed by atoms with Gasteiger partial charge in [0.1, 0.15) is 5.82 Å². The maximum absolute atomic E-state index is 4.74. The lowest BCUT2D eigenvalue weighted by atomic mass is 9.80. The molecule has 0 N–H and O–H groups in total. The van der Waals surface area contributed by atoms with E-state index in [1.54, 1.807) is 0 Å². The zero-order valence-electron chi connectivity index (χ0n) is 19.5. The van der Waals surface area contributed by atoms with E-state index in [1.165, 1.54) is 40.3 Å². The monoisotopic (exact) mass is 400 g/mol. The van der Waals surface area contributed by atoms with Crippen molar-refractivity contribution in [1.29, 1.82) is 0 Å². The first-order valence-electron chi connectivity index (χ1n) is 11.4. The fourth-order valence-electron chi connectivity index (χ4n) is 4.71. The average molecular weight is 401 g/mol. The van der Waals surface area contributed by atoms with E-state index in [0.717, 1.165) is 18.9 Å². The molecule has 0 radical (unpaired) electrons. The van der Waals surface area contributed by atoms with Gasteiger partial charge in [-0.05, 0) is 63.3 Å². The number of pyridine rings is 1. The Labute approximate surface area is 182 Å². The molecule has 1 atom stereocenters. The fraction of sp³-hybridized carbons (Fsp3) is 0.464. The van der Waals surface area contributed by atoms with E-state index < -0.39 is 0 Å². The van der Waals surface area contributed by atoms with E-state index in [4.69, 9.17) is 4.98 Å². The molecule has 30 heavy (non-hydrogen) atoms. The van der Waals surface area contributed by atoms with Crippen molar-refractivity contribution in [3.63, 3.8) is 0 Å². The quantitative estimate of drug-likeness (QED) is 0.451. The number of hydrogen-bond acceptors (Lipinski definition) is 2. The van der Waals surface area contributed by atoms with E-state index >= 15 is 0 Å². The lowest BCUT2D eigenvalue weighted by Crippen LogP contribution is -2.35. The second-order valence-corrected chi connectivity index (χ2v) is 11.0. The summed E-state index contributed by atoms with van der Waals surface area (Å²) >= 11 is 0. The number of hydrogen-bond donors (Lipinski definition) is 0. The van der Waals surface area contributed by atoms with E-state index in [9.17, 15) is 0 Å². The molecule has 1 fully saturated rings. The van der Waals surface area contributed by atoms with Gasteiger partial charge >= 0.3 is 0 Å². The Balaban J connectivity index is 1.68. The molecule has 0 aliphatic carbocycles. The largest absolute Gasteiger partial charge is 0.356 e. The topological polar surface area (TPSA) is 16.1 Å². The highest BCUT2D eigenvalue weighted by atomic mass is 15.2. The maximum atomic E-state index is 4.74. The molecule has 1 saturated heterocycles. The summed E-state index contributed by atoms with van der Waals surface area (Å²) in [5, 5.41) is 2.76. The molecule has 1 aromatic heterocycles. The summed E-state index contributed by atoms with van der Waals surface area (Å²) in [4.78, 5) is 7.23. The number of piperidine rings is 1. The number of benzene rings is 2. The van der Waals surface area contributed by atoms with Crippen LogP contribution >= 0.6 is 0 Å². The van der Waals surface area contributed by atoms with E-state index in [2.05, 4.69) is 95.0 Å². The standard InChI is InChI=1S/C28H36N2/c1-27(2,3)23-13-14-29-26(18-23)30-15-9-11-21(19-30)22-16-20-10-7-8-12-24(20)25(17-22)28(4,5)6/h7-8,10,12-14,16-18,21H,9,11,15,19H2,1-6H3. The highest BCUT2D eigenvalue weighted by Gasteiger charge is 2.26. The predicted molar refractivity (Wildman–Crippen MR) is 130 cm³/mol. The molecule has 3 aromatic rings. The summed E-state index contributed by atoms with van der Waals surface area (Å²) in [6.07, 6.45) is 4.44. The number of aromatic nitrogens is 1. The first-order valence-corrected chi connectivity index (χ1v) is 11.4. The smallest absolute Gasteiger partial charge is 0.128 e. The molecule has 2 heteroatoms. The predicted octanol–water partition coefficient (Wildman–Crippen LogP) is 7.21. The van der Waals surface area contributed by atoms with E-state index in [0.29, 0.717) is 5.92 Å². The Kier molecular flexibility index (Phi) is 5.38. The van der Waals surface area contributed by atoms with Crippen molar-refractivity contribution in [3.05, 3.63) is 71.4 Å². The van der Waals surface area contributed by atoms with Crippen LogP contribution in [0.2, 0.25) is 0 Å². The van der Waals surface area contributed by atoms with Gasteiger partial charge < -0.3 is 4.90 Å². The van der Waals surface area contributed by atoms with Crippen LogP contribution in [0, 0.1) is 0 Å². The van der Waals surface area contributed by atoms with Gasteiger partial charge in [-0.1, -0.05) is 77.9 Å². The highest BCUT2D eigenvalue weighted by Crippen LogP contribution is 2.37. The summed E-state index contributed by atoms with van der Waals surface area (Å²) in [5.74, 6) is 1.67. The summed E-state index contributed by atoms with van der Waals surface area (Å²) < 4.78 is 0. The number of rotatable bonds is 2. The minimum Gasteiger partial charge on any atom is -0.356 e. The fourth-order valence-corrected chi connectivity index (χ4v) is 4.71. The van der Waals surface area contributed by atoms with Crippen LogP contribution in [0.4, 0.5) is 5.82 Å². The summed E-state index contributed by atoms with van der Waals surface area (Å²) in [6, 6.07) is 18.2. The minimum absolute atomic E-state index is 0.132. The first kappa shape index (κ1) is 20.9. The summed E-state index contributed by atoms with van der Waals surface area (Å²) in [7, 11) is 0. The second-order valence-electron chi connectivity index (χ2n) is 11.0. The molecular formula is C28H36N2. The lowest BCUT2D eigenvalue weighted by Gasteiger charge is -2.35. The molecule has 0 bridgehead atoms. The Hall–Kier alpha value is -2.35. The molecule has 2 aromatic carbocycles. The van der Waals surface area contributed by atoms with Crippen molar-refractivity contribution in [1.82, 2.24) is 4.98 Å². The molecule has 158 valence electrons. The Morgan fingerprint density at radius 2 is 1.67 bits per heavy atom. The van der Waals surface area contributed by atoms with Crippen LogP contribution in [0.25, 0.3) is 10.8 Å². The SMILES string of the molecule is CC(C)(C)c1ccnc(N2CCCC(c3cc(C(C)(C)C)c4ccccc4c3)C2)c1. The van der Waals surface area contributed by atoms with Crippen LogP contribution in [0.3, 0.4) is 0 Å². The van der Waals surface area contributed by atoms with Crippen LogP contribution < -0.4 is 4.90 Å². The van der Waals surface area contributed by atoms with Crippen LogP contribution in [0.15, 0.2) is 54.7 Å². The summed E-state index contributed by atoms with van der Waals surface area (Å²) in [6.45, 7) is 15.9. The number of nitrogens with zero attached hydrogens (tertiary/aromatic N) is 2. The van der Waals surface area contributed by atoms with Crippen molar-refractivity contribution in [2.75, 3.05) is 18.0 Å². The molecule has 0 saturated carbocycles. The van der Waals surface area contributed by atoms with Gasteiger partial charge in [-0.15, -0.1) is 0 Å². The first-order chi connectivity index (χ1) is 14.1. The van der Waals surface area contributed by atoms with E-state index in [-0.39, 0.29) is 10.8 Å². The average Bonchev–Trinajstić information content (AvgIpc) is 2.72. The van der Waals surface area contributed by atoms with Crippen LogP contribution in [0.1, 0.15) is 77.0 Å². The molecule has 0 amide bonds. The molecule has 0 spiro atoms. The lowest BCUT2D eigenvalue weighted by molar-refractivity contribution is 0.504. The zero-order valence-corrected chi connectivity index (χ0v) is 19.5. The van der Waals surface area contributed by atoms with Gasteiger partial charge in [0, 0.05) is 25.2 Å². The third-order valence-electron chi connectivity index (χ3n) is 6.52. The zero-order chi connectivity index (χ0) is 21.5. The van der Waals surface area contributed by atoms with Crippen molar-refractivity contribution < 1.29 is 0 Å². The third-order valence-corrected chi connectivity index (χ3v) is 6.52. The van der Waals surface area contributed by atoms with Gasteiger partial charge in [0.15, 0.2) is 0 Å². The number of anilines is 1. The van der Waals surface area contributed by atoms with Crippen molar-refractivity contribution in [3.8, 4) is 0 Å². The normalized spacial score (nSPS) is 18.1. The Morgan fingerprint density at radius 1 is 0.900 bits per heavy atom.